The fourth-order valence-electron chi connectivity index (χ4n) is 4.81. The normalized spacial score (nSPS) is 29.5. The van der Waals surface area contributed by atoms with Crippen LogP contribution in [0.2, 0.25) is 0 Å². The van der Waals surface area contributed by atoms with Crippen LogP contribution in [0.4, 0.5) is 5.69 Å². The molecule has 1 saturated carbocycles. The third-order valence-corrected chi connectivity index (χ3v) is 6.06. The number of anilines is 1. The van der Waals surface area contributed by atoms with Gasteiger partial charge in [-0.1, -0.05) is 12.8 Å². The van der Waals surface area contributed by atoms with E-state index in [1.165, 1.54) is 63.8 Å². The molecule has 0 N–H and O–H groups in total. The standard InChI is InChI=1S/C19H25N3/c20-13-15-5-7-18(8-6-15)22-12-10-16-9-11-21(14-19(16)22)17-3-1-2-4-17/h5-8,16-17,19H,1-4,9-12,14H2. The van der Waals surface area contributed by atoms with E-state index in [0.29, 0.717) is 6.04 Å². The topological polar surface area (TPSA) is 30.3 Å². The average molecular weight is 295 g/mol. The molecule has 3 heteroatoms. The summed E-state index contributed by atoms with van der Waals surface area (Å²) in [5, 5.41) is 8.97. The number of fused-ring (bicyclic) bond motifs is 1. The quantitative estimate of drug-likeness (QED) is 0.837. The number of rotatable bonds is 2. The van der Waals surface area contributed by atoms with Crippen LogP contribution in [-0.4, -0.2) is 36.6 Å². The highest BCUT2D eigenvalue weighted by Crippen LogP contribution is 2.37. The third kappa shape index (κ3) is 2.50. The van der Waals surface area contributed by atoms with Gasteiger partial charge in [0.05, 0.1) is 11.6 Å². The Labute approximate surface area is 133 Å². The Morgan fingerprint density at radius 3 is 2.41 bits per heavy atom. The van der Waals surface area contributed by atoms with Gasteiger partial charge in [0.1, 0.15) is 0 Å². The molecule has 2 saturated heterocycles. The summed E-state index contributed by atoms with van der Waals surface area (Å²) in [6.07, 6.45) is 8.38. The van der Waals surface area contributed by atoms with Crippen LogP contribution >= 0.6 is 0 Å². The van der Waals surface area contributed by atoms with Gasteiger partial charge in [0, 0.05) is 30.9 Å². The zero-order chi connectivity index (χ0) is 14.9. The minimum absolute atomic E-state index is 0.683. The molecular weight excluding hydrogens is 270 g/mol. The first-order valence-corrected chi connectivity index (χ1v) is 8.86. The maximum absolute atomic E-state index is 8.97. The van der Waals surface area contributed by atoms with E-state index in [1.54, 1.807) is 0 Å². The summed E-state index contributed by atoms with van der Waals surface area (Å²) in [6, 6.07) is 11.9. The molecule has 2 aliphatic heterocycles. The molecule has 4 rings (SSSR count). The Morgan fingerprint density at radius 1 is 0.955 bits per heavy atom. The van der Waals surface area contributed by atoms with Gasteiger partial charge >= 0.3 is 0 Å². The lowest BCUT2D eigenvalue weighted by Gasteiger charge is -2.42. The average Bonchev–Trinajstić information content (AvgIpc) is 3.24. The lowest BCUT2D eigenvalue weighted by Crippen LogP contribution is -2.51. The van der Waals surface area contributed by atoms with Crippen LogP contribution in [0.3, 0.4) is 0 Å². The Balaban J connectivity index is 1.50. The predicted octanol–water partition coefficient (Wildman–Crippen LogP) is 3.40. The summed E-state index contributed by atoms with van der Waals surface area (Å²) >= 11 is 0. The first kappa shape index (κ1) is 14.1. The van der Waals surface area contributed by atoms with Crippen molar-refractivity contribution in [3.05, 3.63) is 29.8 Å². The second-order valence-electron chi connectivity index (χ2n) is 7.19. The fourth-order valence-corrected chi connectivity index (χ4v) is 4.81. The van der Waals surface area contributed by atoms with E-state index in [4.69, 9.17) is 5.26 Å². The van der Waals surface area contributed by atoms with Crippen molar-refractivity contribution in [3.63, 3.8) is 0 Å². The van der Waals surface area contributed by atoms with Crippen LogP contribution in [0.5, 0.6) is 0 Å². The van der Waals surface area contributed by atoms with Gasteiger partial charge < -0.3 is 4.90 Å². The zero-order valence-electron chi connectivity index (χ0n) is 13.2. The maximum Gasteiger partial charge on any atom is 0.0991 e. The fraction of sp³-hybridized carbons (Fsp3) is 0.632. The molecule has 2 heterocycles. The maximum atomic E-state index is 8.97. The van der Waals surface area contributed by atoms with Crippen molar-refractivity contribution in [2.75, 3.05) is 24.5 Å². The molecule has 0 spiro atoms. The summed E-state index contributed by atoms with van der Waals surface area (Å²) in [6.45, 7) is 3.74. The van der Waals surface area contributed by atoms with Crippen LogP contribution in [-0.2, 0) is 0 Å². The van der Waals surface area contributed by atoms with Crippen molar-refractivity contribution < 1.29 is 0 Å². The minimum Gasteiger partial charge on any atom is -0.367 e. The first-order chi connectivity index (χ1) is 10.8. The van der Waals surface area contributed by atoms with E-state index in [2.05, 4.69) is 28.0 Å². The molecular formula is C19H25N3. The molecule has 2 atom stereocenters. The van der Waals surface area contributed by atoms with Gasteiger partial charge in [-0.25, -0.2) is 0 Å². The number of hydrogen-bond donors (Lipinski definition) is 0. The van der Waals surface area contributed by atoms with Crippen molar-refractivity contribution in [2.24, 2.45) is 5.92 Å². The van der Waals surface area contributed by atoms with Crippen LogP contribution in [0.1, 0.15) is 44.1 Å². The molecule has 3 fully saturated rings. The van der Waals surface area contributed by atoms with Crippen molar-refractivity contribution in [3.8, 4) is 6.07 Å². The third-order valence-electron chi connectivity index (χ3n) is 6.06. The van der Waals surface area contributed by atoms with Gasteiger partial charge in [0.2, 0.25) is 0 Å². The second-order valence-corrected chi connectivity index (χ2v) is 7.19. The van der Waals surface area contributed by atoms with E-state index >= 15 is 0 Å². The van der Waals surface area contributed by atoms with E-state index in [-0.39, 0.29) is 0 Å². The molecule has 22 heavy (non-hydrogen) atoms. The van der Waals surface area contributed by atoms with E-state index in [0.717, 1.165) is 17.5 Å². The number of hydrogen-bond acceptors (Lipinski definition) is 3. The minimum atomic E-state index is 0.683. The molecule has 0 bridgehead atoms. The SMILES string of the molecule is N#Cc1ccc(N2CCC3CCN(C4CCCC4)CC32)cc1. The summed E-state index contributed by atoms with van der Waals surface area (Å²) in [4.78, 5) is 5.38. The monoisotopic (exact) mass is 295 g/mol. The summed E-state index contributed by atoms with van der Waals surface area (Å²) in [7, 11) is 0. The number of likely N-dealkylation sites (tertiary alicyclic amines) is 1. The van der Waals surface area contributed by atoms with Crippen LogP contribution in [0.25, 0.3) is 0 Å². The van der Waals surface area contributed by atoms with Gasteiger partial charge in [-0.05, 0) is 62.4 Å². The number of benzene rings is 1. The van der Waals surface area contributed by atoms with Crippen LogP contribution in [0.15, 0.2) is 24.3 Å². The molecule has 0 amide bonds. The molecule has 116 valence electrons. The number of piperidine rings is 1. The molecule has 1 aliphatic carbocycles. The Kier molecular flexibility index (Phi) is 3.80. The molecule has 3 nitrogen and oxygen atoms in total. The summed E-state index contributed by atoms with van der Waals surface area (Å²) < 4.78 is 0. The van der Waals surface area contributed by atoms with Crippen molar-refractivity contribution in [1.29, 1.82) is 5.26 Å². The smallest absolute Gasteiger partial charge is 0.0991 e. The number of nitriles is 1. The van der Waals surface area contributed by atoms with Gasteiger partial charge in [0.25, 0.3) is 0 Å². The van der Waals surface area contributed by atoms with Gasteiger partial charge in [-0.3, -0.25) is 4.90 Å². The molecule has 3 aliphatic rings. The Hall–Kier alpha value is -1.53. The van der Waals surface area contributed by atoms with E-state index in [9.17, 15) is 0 Å². The van der Waals surface area contributed by atoms with E-state index in [1.807, 2.05) is 12.1 Å². The van der Waals surface area contributed by atoms with Crippen molar-refractivity contribution in [1.82, 2.24) is 4.90 Å². The lowest BCUT2D eigenvalue weighted by molar-refractivity contribution is 0.126. The molecule has 1 aromatic rings. The zero-order valence-corrected chi connectivity index (χ0v) is 13.2. The first-order valence-electron chi connectivity index (χ1n) is 8.86. The molecule has 0 radical (unpaired) electrons. The molecule has 2 unspecified atom stereocenters. The van der Waals surface area contributed by atoms with Crippen molar-refractivity contribution >= 4 is 5.69 Å². The van der Waals surface area contributed by atoms with E-state index < -0.39 is 0 Å². The number of nitrogens with zero attached hydrogens (tertiary/aromatic N) is 3. The largest absolute Gasteiger partial charge is 0.367 e. The predicted molar refractivity (Wildman–Crippen MR) is 88.8 cm³/mol. The van der Waals surface area contributed by atoms with Gasteiger partial charge in [0.15, 0.2) is 0 Å². The molecule has 1 aromatic carbocycles. The summed E-state index contributed by atoms with van der Waals surface area (Å²) in [5.74, 6) is 0.869. The molecule has 0 aromatic heterocycles. The summed E-state index contributed by atoms with van der Waals surface area (Å²) in [5.41, 5.74) is 2.07. The van der Waals surface area contributed by atoms with Crippen LogP contribution < -0.4 is 4.90 Å². The van der Waals surface area contributed by atoms with Crippen molar-refractivity contribution in [2.45, 2.75) is 50.6 Å². The highest BCUT2D eigenvalue weighted by atomic mass is 15.3. The Bertz CT molecular complexity index is 553. The van der Waals surface area contributed by atoms with Crippen LogP contribution in [0, 0.1) is 17.2 Å². The highest BCUT2D eigenvalue weighted by molar-refractivity contribution is 5.51. The lowest BCUT2D eigenvalue weighted by atomic mass is 9.91. The van der Waals surface area contributed by atoms with Gasteiger partial charge in [-0.15, -0.1) is 0 Å². The Morgan fingerprint density at radius 2 is 1.68 bits per heavy atom. The van der Waals surface area contributed by atoms with Gasteiger partial charge in [-0.2, -0.15) is 5.26 Å². The second kappa shape index (κ2) is 5.93. The highest BCUT2D eigenvalue weighted by Gasteiger charge is 2.40.